The Labute approximate surface area is 212 Å². The van der Waals surface area contributed by atoms with Gasteiger partial charge in [0.1, 0.15) is 11.7 Å². The van der Waals surface area contributed by atoms with E-state index >= 15 is 0 Å². The maximum absolute atomic E-state index is 14.4. The highest BCUT2D eigenvalue weighted by Gasteiger charge is 2.60. The molecule has 0 spiro atoms. The van der Waals surface area contributed by atoms with Crippen molar-refractivity contribution < 1.29 is 9.59 Å². The second-order valence-electron chi connectivity index (χ2n) is 10.9. The first-order valence-electron chi connectivity index (χ1n) is 12.5. The minimum atomic E-state index is -1.08. The molecule has 0 radical (unpaired) electrons. The van der Waals surface area contributed by atoms with Crippen molar-refractivity contribution in [3.63, 3.8) is 0 Å². The van der Waals surface area contributed by atoms with Crippen LogP contribution in [0.25, 0.3) is 10.9 Å². The third-order valence-corrected chi connectivity index (χ3v) is 7.30. The van der Waals surface area contributed by atoms with Gasteiger partial charge in [-0.25, -0.2) is 0 Å². The lowest BCUT2D eigenvalue weighted by Gasteiger charge is -2.43. The highest BCUT2D eigenvalue weighted by Crippen LogP contribution is 2.44. The number of hydrogen-bond donors (Lipinski definition) is 1. The Morgan fingerprint density at radius 2 is 1.50 bits per heavy atom. The van der Waals surface area contributed by atoms with Crippen molar-refractivity contribution in [2.75, 3.05) is 7.05 Å². The molecular formula is C31H33N3O2. The van der Waals surface area contributed by atoms with Crippen LogP contribution in [0.3, 0.4) is 0 Å². The van der Waals surface area contributed by atoms with Crippen LogP contribution < -0.4 is 0 Å². The molecule has 0 saturated carbocycles. The Kier molecular flexibility index (Phi) is 5.95. The molecule has 4 aromatic rings. The summed E-state index contributed by atoms with van der Waals surface area (Å²) >= 11 is 0. The van der Waals surface area contributed by atoms with Crippen molar-refractivity contribution in [1.82, 2.24) is 14.8 Å². The van der Waals surface area contributed by atoms with Gasteiger partial charge in [0.05, 0.1) is 0 Å². The summed E-state index contributed by atoms with van der Waals surface area (Å²) < 4.78 is 0. The van der Waals surface area contributed by atoms with Gasteiger partial charge in [-0.3, -0.25) is 9.59 Å². The van der Waals surface area contributed by atoms with Crippen LogP contribution in [0.5, 0.6) is 0 Å². The molecule has 2 unspecified atom stereocenters. The smallest absolute Gasteiger partial charge is 0.256 e. The van der Waals surface area contributed by atoms with E-state index < -0.39 is 11.7 Å². The quantitative estimate of drug-likeness (QED) is 0.400. The molecule has 36 heavy (non-hydrogen) atoms. The van der Waals surface area contributed by atoms with E-state index in [1.54, 1.807) is 4.90 Å². The zero-order valence-electron chi connectivity index (χ0n) is 21.4. The van der Waals surface area contributed by atoms with Crippen LogP contribution in [0.4, 0.5) is 0 Å². The monoisotopic (exact) mass is 479 g/mol. The average molecular weight is 480 g/mol. The molecule has 0 aliphatic carbocycles. The van der Waals surface area contributed by atoms with Crippen LogP contribution in [-0.2, 0) is 17.6 Å². The van der Waals surface area contributed by atoms with Gasteiger partial charge in [0.2, 0.25) is 0 Å². The molecule has 1 aliphatic heterocycles. The van der Waals surface area contributed by atoms with Crippen molar-refractivity contribution in [2.24, 2.45) is 5.41 Å². The molecule has 184 valence electrons. The zero-order valence-corrected chi connectivity index (χ0v) is 21.4. The maximum atomic E-state index is 14.4. The molecule has 2 amide bonds. The highest BCUT2D eigenvalue weighted by atomic mass is 16.2. The number of nitrogens with one attached hydrogen (secondary N) is 1. The molecule has 1 fully saturated rings. The summed E-state index contributed by atoms with van der Waals surface area (Å²) in [7, 11) is 1.84. The predicted molar refractivity (Wildman–Crippen MR) is 144 cm³/mol. The fourth-order valence-corrected chi connectivity index (χ4v) is 5.85. The first kappa shape index (κ1) is 23.9. The van der Waals surface area contributed by atoms with Gasteiger partial charge in [0.25, 0.3) is 11.8 Å². The number of H-pyrrole nitrogens is 1. The van der Waals surface area contributed by atoms with Crippen molar-refractivity contribution in [1.29, 1.82) is 0 Å². The second-order valence-corrected chi connectivity index (χ2v) is 10.9. The van der Waals surface area contributed by atoms with Crippen LogP contribution in [-0.4, -0.2) is 45.4 Å². The van der Waals surface area contributed by atoms with Crippen LogP contribution in [0.2, 0.25) is 0 Å². The second kappa shape index (κ2) is 8.98. The standard InChI is InChI=1S/C31H33N3O2/c1-30(2,3)28-33(4)29(36)31(19-22-13-7-5-8-14-22,34(28)27(35)23-15-9-6-10-16-23)20-24-21-32-26-18-12-11-17-25(24)26/h5-18,21,28,32H,19-20H2,1-4H3. The van der Waals surface area contributed by atoms with Gasteiger partial charge in [-0.1, -0.05) is 87.5 Å². The van der Waals surface area contributed by atoms with E-state index in [1.807, 2.05) is 97.0 Å². The fourth-order valence-electron chi connectivity index (χ4n) is 5.85. The Balaban J connectivity index is 1.73. The molecule has 1 aliphatic rings. The number of para-hydroxylation sites is 1. The van der Waals surface area contributed by atoms with Crippen molar-refractivity contribution in [3.8, 4) is 0 Å². The molecule has 1 N–H and O–H groups in total. The SMILES string of the molecule is CN1C(=O)C(Cc2ccccc2)(Cc2c[nH]c3ccccc23)N(C(=O)c2ccccc2)C1C(C)(C)C. The summed E-state index contributed by atoms with van der Waals surface area (Å²) in [5.74, 6) is -0.148. The van der Waals surface area contributed by atoms with Gasteiger partial charge in [0.15, 0.2) is 0 Å². The van der Waals surface area contributed by atoms with E-state index in [0.29, 0.717) is 18.4 Å². The molecule has 3 aromatic carbocycles. The molecule has 0 bridgehead atoms. The number of hydrogen-bond acceptors (Lipinski definition) is 2. The Hall–Kier alpha value is -3.86. The number of aromatic amines is 1. The number of nitrogens with zero attached hydrogens (tertiary/aromatic N) is 2. The maximum Gasteiger partial charge on any atom is 0.256 e. The van der Waals surface area contributed by atoms with E-state index in [0.717, 1.165) is 22.0 Å². The number of aromatic nitrogens is 1. The molecule has 5 rings (SSSR count). The Bertz CT molecular complexity index is 1390. The number of rotatable bonds is 5. The van der Waals surface area contributed by atoms with Crippen molar-refractivity contribution in [2.45, 2.75) is 45.3 Å². The third kappa shape index (κ3) is 3.98. The minimum absolute atomic E-state index is 0.0270. The molecule has 5 heteroatoms. The Morgan fingerprint density at radius 3 is 2.17 bits per heavy atom. The minimum Gasteiger partial charge on any atom is -0.361 e. The lowest BCUT2D eigenvalue weighted by molar-refractivity contribution is -0.133. The van der Waals surface area contributed by atoms with Crippen LogP contribution in [0, 0.1) is 5.41 Å². The van der Waals surface area contributed by atoms with E-state index in [2.05, 4.69) is 31.8 Å². The summed E-state index contributed by atoms with van der Waals surface area (Å²) in [6.45, 7) is 6.28. The normalized spacial score (nSPS) is 20.3. The molecule has 2 heterocycles. The van der Waals surface area contributed by atoms with Gasteiger partial charge >= 0.3 is 0 Å². The Morgan fingerprint density at radius 1 is 0.889 bits per heavy atom. The summed E-state index contributed by atoms with van der Waals surface area (Å²) in [6, 6.07) is 27.5. The van der Waals surface area contributed by atoms with Crippen molar-refractivity contribution in [3.05, 3.63) is 108 Å². The largest absolute Gasteiger partial charge is 0.361 e. The topological polar surface area (TPSA) is 56.4 Å². The van der Waals surface area contributed by atoms with Gasteiger partial charge < -0.3 is 14.8 Å². The fraction of sp³-hybridized carbons (Fsp3) is 0.290. The van der Waals surface area contributed by atoms with Gasteiger partial charge in [-0.15, -0.1) is 0 Å². The molecule has 5 nitrogen and oxygen atoms in total. The highest BCUT2D eigenvalue weighted by molar-refractivity contribution is 6.02. The molecule has 1 aromatic heterocycles. The average Bonchev–Trinajstić information content (AvgIpc) is 3.37. The first-order valence-corrected chi connectivity index (χ1v) is 12.5. The third-order valence-electron chi connectivity index (χ3n) is 7.30. The first-order chi connectivity index (χ1) is 17.2. The summed E-state index contributed by atoms with van der Waals surface area (Å²) in [4.78, 5) is 35.8. The van der Waals surface area contributed by atoms with E-state index in [-0.39, 0.29) is 17.2 Å². The van der Waals surface area contributed by atoms with Gasteiger partial charge in [0, 0.05) is 48.0 Å². The number of carbonyl (C=O) groups excluding carboxylic acids is 2. The summed E-state index contributed by atoms with van der Waals surface area (Å²) in [6.07, 6.45) is 2.44. The zero-order chi connectivity index (χ0) is 25.5. The number of fused-ring (bicyclic) bond motifs is 1. The number of amides is 2. The van der Waals surface area contributed by atoms with Gasteiger partial charge in [-0.2, -0.15) is 0 Å². The lowest BCUT2D eigenvalue weighted by atomic mass is 9.81. The number of carbonyl (C=O) groups is 2. The number of benzene rings is 3. The molecular weight excluding hydrogens is 446 g/mol. The van der Waals surface area contributed by atoms with E-state index in [4.69, 9.17) is 0 Å². The van der Waals surface area contributed by atoms with Crippen LogP contribution in [0.1, 0.15) is 42.3 Å². The number of likely N-dealkylation sites (N-methyl/N-ethyl adjacent to an activating group) is 1. The summed E-state index contributed by atoms with van der Waals surface area (Å²) in [5, 5.41) is 1.08. The van der Waals surface area contributed by atoms with Gasteiger partial charge in [-0.05, 0) is 29.3 Å². The van der Waals surface area contributed by atoms with Crippen molar-refractivity contribution >= 4 is 22.7 Å². The molecule has 2 atom stereocenters. The lowest BCUT2D eigenvalue weighted by Crippen LogP contribution is -2.58. The van der Waals surface area contributed by atoms with E-state index in [9.17, 15) is 9.59 Å². The molecule has 1 saturated heterocycles. The predicted octanol–water partition coefficient (Wildman–Crippen LogP) is 5.68. The van der Waals surface area contributed by atoms with Crippen LogP contribution in [0.15, 0.2) is 91.1 Å². The van der Waals surface area contributed by atoms with E-state index in [1.165, 1.54) is 0 Å². The summed E-state index contributed by atoms with van der Waals surface area (Å²) in [5.41, 5.74) is 2.24. The van der Waals surface area contributed by atoms with Crippen LogP contribution >= 0.6 is 0 Å².